The highest BCUT2D eigenvalue weighted by atomic mass is 16.5. The predicted octanol–water partition coefficient (Wildman–Crippen LogP) is -0.0203. The number of rotatable bonds is 6. The third-order valence-electron chi connectivity index (χ3n) is 2.50. The van der Waals surface area contributed by atoms with Crippen LogP contribution in [-0.2, 0) is 11.8 Å². The Morgan fingerprint density at radius 1 is 1.65 bits per heavy atom. The first-order chi connectivity index (χ1) is 7.96. The molecule has 96 valence electrons. The summed E-state index contributed by atoms with van der Waals surface area (Å²) in [6, 6.07) is 0. The Hall–Kier alpha value is -1.40. The van der Waals surface area contributed by atoms with Gasteiger partial charge < -0.3 is 19.7 Å². The van der Waals surface area contributed by atoms with Gasteiger partial charge in [0, 0.05) is 46.1 Å². The van der Waals surface area contributed by atoms with Gasteiger partial charge in [-0.25, -0.2) is 4.98 Å². The van der Waals surface area contributed by atoms with Crippen molar-refractivity contribution in [2.75, 3.05) is 25.6 Å². The van der Waals surface area contributed by atoms with Crippen LogP contribution < -0.4 is 10.9 Å². The highest BCUT2D eigenvalue weighted by Crippen LogP contribution is 2.09. The molecule has 1 rings (SSSR count). The molecule has 2 N–H and O–H groups in total. The van der Waals surface area contributed by atoms with Crippen LogP contribution in [0.1, 0.15) is 13.3 Å². The molecule has 0 amide bonds. The lowest BCUT2D eigenvalue weighted by Crippen LogP contribution is -2.36. The second kappa shape index (κ2) is 5.79. The summed E-state index contributed by atoms with van der Waals surface area (Å²) in [6.07, 6.45) is 3.60. The molecule has 1 aromatic heterocycles. The molecule has 0 aromatic carbocycles. The van der Waals surface area contributed by atoms with E-state index in [1.54, 1.807) is 27.3 Å². The molecule has 0 spiro atoms. The van der Waals surface area contributed by atoms with Crippen molar-refractivity contribution in [1.82, 2.24) is 9.55 Å². The van der Waals surface area contributed by atoms with Crippen molar-refractivity contribution >= 4 is 5.82 Å². The second-order valence-corrected chi connectivity index (χ2v) is 4.29. The fraction of sp³-hybridized carbons (Fsp3) is 0.636. The Bertz CT molecular complexity index is 415. The van der Waals surface area contributed by atoms with Crippen LogP contribution in [0.5, 0.6) is 0 Å². The smallest absolute Gasteiger partial charge is 0.293 e. The molecule has 1 aromatic rings. The Labute approximate surface area is 100 Å². The van der Waals surface area contributed by atoms with Crippen LogP contribution in [0, 0.1) is 0 Å². The first-order valence-corrected chi connectivity index (χ1v) is 5.43. The first kappa shape index (κ1) is 13.7. The van der Waals surface area contributed by atoms with E-state index >= 15 is 0 Å². The summed E-state index contributed by atoms with van der Waals surface area (Å²) in [4.78, 5) is 15.6. The van der Waals surface area contributed by atoms with Gasteiger partial charge in [0.05, 0.1) is 5.60 Å². The van der Waals surface area contributed by atoms with Gasteiger partial charge in [-0.15, -0.1) is 0 Å². The van der Waals surface area contributed by atoms with E-state index in [1.165, 1.54) is 10.8 Å². The largest absolute Gasteiger partial charge is 0.388 e. The van der Waals surface area contributed by atoms with Gasteiger partial charge in [-0.05, 0) is 6.92 Å². The molecular weight excluding hydrogens is 222 g/mol. The summed E-state index contributed by atoms with van der Waals surface area (Å²) in [6.45, 7) is 2.41. The summed E-state index contributed by atoms with van der Waals surface area (Å²) in [5.74, 6) is 0.243. The Kier molecular flexibility index (Phi) is 4.65. The molecule has 1 heterocycles. The standard InChI is InChI=1S/C11H19N3O3/c1-11(16,4-7-17-3)8-13-9-10(15)14(2)6-5-12-9/h5-6,16H,4,7-8H2,1-3H3,(H,12,13). The summed E-state index contributed by atoms with van der Waals surface area (Å²) in [7, 11) is 3.23. The monoisotopic (exact) mass is 241 g/mol. The van der Waals surface area contributed by atoms with Gasteiger partial charge in [0.1, 0.15) is 0 Å². The van der Waals surface area contributed by atoms with Crippen LogP contribution in [0.4, 0.5) is 5.82 Å². The summed E-state index contributed by atoms with van der Waals surface area (Å²) in [5.41, 5.74) is -1.14. The SMILES string of the molecule is COCCC(C)(O)CNc1nccn(C)c1=O. The van der Waals surface area contributed by atoms with Gasteiger partial charge in [0.15, 0.2) is 5.82 Å². The zero-order chi connectivity index (χ0) is 12.9. The third kappa shape index (κ3) is 4.16. The van der Waals surface area contributed by atoms with Crippen molar-refractivity contribution in [2.45, 2.75) is 18.9 Å². The highest BCUT2D eigenvalue weighted by molar-refractivity contribution is 5.31. The van der Waals surface area contributed by atoms with Gasteiger partial charge in [-0.3, -0.25) is 4.79 Å². The minimum absolute atomic E-state index is 0.213. The van der Waals surface area contributed by atoms with E-state index in [1.807, 2.05) is 0 Å². The zero-order valence-corrected chi connectivity index (χ0v) is 10.4. The van der Waals surface area contributed by atoms with Crippen LogP contribution >= 0.6 is 0 Å². The normalized spacial score (nSPS) is 14.4. The molecule has 0 radical (unpaired) electrons. The zero-order valence-electron chi connectivity index (χ0n) is 10.4. The second-order valence-electron chi connectivity index (χ2n) is 4.29. The first-order valence-electron chi connectivity index (χ1n) is 5.43. The van der Waals surface area contributed by atoms with Crippen molar-refractivity contribution in [2.24, 2.45) is 7.05 Å². The Morgan fingerprint density at radius 2 is 2.35 bits per heavy atom. The Morgan fingerprint density at radius 3 is 3.00 bits per heavy atom. The number of hydrogen-bond acceptors (Lipinski definition) is 5. The maximum absolute atomic E-state index is 11.6. The number of hydrogen-bond donors (Lipinski definition) is 2. The number of nitrogens with zero attached hydrogens (tertiary/aromatic N) is 2. The molecule has 6 nitrogen and oxygen atoms in total. The lowest BCUT2D eigenvalue weighted by molar-refractivity contribution is 0.0356. The number of ether oxygens (including phenoxy) is 1. The van der Waals surface area contributed by atoms with Crippen molar-refractivity contribution in [3.63, 3.8) is 0 Å². The van der Waals surface area contributed by atoms with Crippen molar-refractivity contribution in [1.29, 1.82) is 0 Å². The highest BCUT2D eigenvalue weighted by Gasteiger charge is 2.20. The van der Waals surface area contributed by atoms with E-state index in [2.05, 4.69) is 10.3 Å². The van der Waals surface area contributed by atoms with Crippen LogP contribution in [0.15, 0.2) is 17.2 Å². The Balaban J connectivity index is 2.61. The molecule has 0 aliphatic carbocycles. The van der Waals surface area contributed by atoms with E-state index in [0.29, 0.717) is 13.0 Å². The minimum atomic E-state index is -0.932. The summed E-state index contributed by atoms with van der Waals surface area (Å²) < 4.78 is 6.33. The van der Waals surface area contributed by atoms with Gasteiger partial charge in [0.2, 0.25) is 0 Å². The van der Waals surface area contributed by atoms with E-state index in [-0.39, 0.29) is 17.9 Å². The molecule has 6 heteroatoms. The molecular formula is C11H19N3O3. The summed E-state index contributed by atoms with van der Waals surface area (Å²) >= 11 is 0. The van der Waals surface area contributed by atoms with Crippen LogP contribution in [0.25, 0.3) is 0 Å². The maximum atomic E-state index is 11.6. The molecule has 0 aliphatic rings. The molecule has 1 atom stereocenters. The predicted molar refractivity (Wildman–Crippen MR) is 65.1 cm³/mol. The van der Waals surface area contributed by atoms with Gasteiger partial charge in [-0.1, -0.05) is 0 Å². The van der Waals surface area contributed by atoms with Crippen LogP contribution in [0.3, 0.4) is 0 Å². The molecule has 0 saturated heterocycles. The van der Waals surface area contributed by atoms with Gasteiger partial charge in [-0.2, -0.15) is 0 Å². The third-order valence-corrected chi connectivity index (χ3v) is 2.50. The minimum Gasteiger partial charge on any atom is -0.388 e. The van der Waals surface area contributed by atoms with Crippen molar-refractivity contribution in [3.8, 4) is 0 Å². The average Bonchev–Trinajstić information content (AvgIpc) is 2.29. The van der Waals surface area contributed by atoms with Crippen molar-refractivity contribution < 1.29 is 9.84 Å². The molecule has 0 saturated carbocycles. The lowest BCUT2D eigenvalue weighted by Gasteiger charge is -2.23. The molecule has 0 bridgehead atoms. The average molecular weight is 241 g/mol. The quantitative estimate of drug-likeness (QED) is 0.732. The number of anilines is 1. The number of aryl methyl sites for hydroxylation is 1. The van der Waals surface area contributed by atoms with E-state index in [4.69, 9.17) is 4.74 Å². The summed E-state index contributed by atoms with van der Waals surface area (Å²) in [5, 5.41) is 12.8. The topological polar surface area (TPSA) is 76.4 Å². The fourth-order valence-corrected chi connectivity index (χ4v) is 1.30. The number of methoxy groups -OCH3 is 1. The molecule has 0 fully saturated rings. The molecule has 1 unspecified atom stereocenters. The van der Waals surface area contributed by atoms with Gasteiger partial charge in [0.25, 0.3) is 5.56 Å². The fourth-order valence-electron chi connectivity index (χ4n) is 1.30. The van der Waals surface area contributed by atoms with E-state index in [0.717, 1.165) is 0 Å². The van der Waals surface area contributed by atoms with Crippen LogP contribution in [0.2, 0.25) is 0 Å². The van der Waals surface area contributed by atoms with Gasteiger partial charge >= 0.3 is 0 Å². The maximum Gasteiger partial charge on any atom is 0.293 e. The number of nitrogens with one attached hydrogen (secondary N) is 1. The van der Waals surface area contributed by atoms with Crippen molar-refractivity contribution in [3.05, 3.63) is 22.7 Å². The number of aliphatic hydroxyl groups is 1. The number of aromatic nitrogens is 2. The van der Waals surface area contributed by atoms with E-state index < -0.39 is 5.60 Å². The van der Waals surface area contributed by atoms with E-state index in [9.17, 15) is 9.90 Å². The molecule has 17 heavy (non-hydrogen) atoms. The molecule has 0 aliphatic heterocycles. The van der Waals surface area contributed by atoms with Crippen LogP contribution in [-0.4, -0.2) is 40.5 Å². The lowest BCUT2D eigenvalue weighted by atomic mass is 10.0.